The highest BCUT2D eigenvalue weighted by Crippen LogP contribution is 2.23. The number of urea groups is 1. The van der Waals surface area contributed by atoms with Crippen molar-refractivity contribution in [2.75, 3.05) is 36.4 Å². The van der Waals surface area contributed by atoms with Gasteiger partial charge in [-0.15, -0.1) is 0 Å². The summed E-state index contributed by atoms with van der Waals surface area (Å²) in [6, 6.07) is 15.9. The molecular weight excluding hydrogens is 387 g/mol. The lowest BCUT2D eigenvalue weighted by atomic mass is 10.2. The van der Waals surface area contributed by atoms with Crippen molar-refractivity contribution in [1.29, 1.82) is 0 Å². The number of amides is 2. The molecule has 1 aromatic heterocycles. The topological polar surface area (TPSA) is 77.9 Å². The maximum atomic E-state index is 12.9. The molecule has 3 aromatic rings. The van der Waals surface area contributed by atoms with Gasteiger partial charge in [-0.1, -0.05) is 6.07 Å². The van der Waals surface area contributed by atoms with E-state index in [0.717, 1.165) is 5.69 Å². The van der Waals surface area contributed by atoms with Gasteiger partial charge in [0.2, 0.25) is 5.88 Å². The first-order chi connectivity index (χ1) is 14.6. The van der Waals surface area contributed by atoms with Crippen molar-refractivity contribution in [2.45, 2.75) is 0 Å². The molecule has 0 saturated carbocycles. The van der Waals surface area contributed by atoms with Gasteiger partial charge in [-0.05, 0) is 42.5 Å². The van der Waals surface area contributed by atoms with Gasteiger partial charge in [0.05, 0.1) is 11.9 Å². The summed E-state index contributed by atoms with van der Waals surface area (Å²) in [5.74, 6) is 0.716. The number of nitrogens with zero attached hydrogens (tertiary/aromatic N) is 3. The number of hydrogen-bond acceptors (Lipinski definition) is 5. The lowest BCUT2D eigenvalue weighted by Gasteiger charge is -2.36. The summed E-state index contributed by atoms with van der Waals surface area (Å²) in [6.45, 7) is 2.50. The molecule has 0 spiro atoms. The number of phenols is 1. The molecule has 0 radical (unpaired) electrons. The highest BCUT2D eigenvalue weighted by Gasteiger charge is 2.21. The summed E-state index contributed by atoms with van der Waals surface area (Å²) in [4.78, 5) is 20.6. The van der Waals surface area contributed by atoms with Crippen LogP contribution in [-0.4, -0.2) is 47.2 Å². The quantitative estimate of drug-likeness (QED) is 0.680. The fraction of sp³-hybridized carbons (Fsp3) is 0.182. The summed E-state index contributed by atoms with van der Waals surface area (Å²) < 4.78 is 18.5. The number of nitrogens with one attached hydrogen (secondary N) is 1. The first-order valence-electron chi connectivity index (χ1n) is 9.56. The number of rotatable bonds is 4. The maximum Gasteiger partial charge on any atom is 0.322 e. The maximum absolute atomic E-state index is 12.9. The Morgan fingerprint density at radius 3 is 2.47 bits per heavy atom. The van der Waals surface area contributed by atoms with Crippen molar-refractivity contribution < 1.29 is 19.0 Å². The van der Waals surface area contributed by atoms with E-state index in [-0.39, 0.29) is 17.6 Å². The zero-order valence-electron chi connectivity index (χ0n) is 16.2. The van der Waals surface area contributed by atoms with Crippen LogP contribution in [0.25, 0.3) is 0 Å². The first-order valence-corrected chi connectivity index (χ1v) is 9.56. The molecule has 1 aliphatic heterocycles. The summed E-state index contributed by atoms with van der Waals surface area (Å²) in [5, 5.41) is 12.5. The average molecular weight is 408 g/mol. The fourth-order valence-electron chi connectivity index (χ4n) is 3.20. The number of aromatic hydroxyl groups is 1. The summed E-state index contributed by atoms with van der Waals surface area (Å²) in [5.41, 5.74) is 1.50. The highest BCUT2D eigenvalue weighted by atomic mass is 19.1. The predicted molar refractivity (Wildman–Crippen MR) is 112 cm³/mol. The molecule has 0 unspecified atom stereocenters. The normalized spacial score (nSPS) is 13.8. The van der Waals surface area contributed by atoms with Crippen LogP contribution in [0.3, 0.4) is 0 Å². The van der Waals surface area contributed by atoms with Crippen molar-refractivity contribution in [3.05, 3.63) is 72.7 Å². The van der Waals surface area contributed by atoms with Crippen molar-refractivity contribution in [2.24, 2.45) is 0 Å². The van der Waals surface area contributed by atoms with Gasteiger partial charge >= 0.3 is 6.03 Å². The molecule has 0 atom stereocenters. The molecule has 8 heteroatoms. The lowest BCUT2D eigenvalue weighted by molar-refractivity contribution is 0.208. The molecule has 0 aliphatic carbocycles. The molecule has 154 valence electrons. The van der Waals surface area contributed by atoms with Gasteiger partial charge in [0.15, 0.2) is 0 Å². The molecule has 0 bridgehead atoms. The second-order valence-corrected chi connectivity index (χ2v) is 6.87. The van der Waals surface area contributed by atoms with E-state index in [1.54, 1.807) is 35.2 Å². The van der Waals surface area contributed by atoms with Gasteiger partial charge < -0.3 is 25.0 Å². The van der Waals surface area contributed by atoms with Gasteiger partial charge in [0.1, 0.15) is 17.3 Å². The molecule has 2 aromatic carbocycles. The number of aromatic nitrogens is 1. The molecule has 4 rings (SSSR count). The van der Waals surface area contributed by atoms with Crippen molar-refractivity contribution in [1.82, 2.24) is 9.88 Å². The third kappa shape index (κ3) is 4.78. The van der Waals surface area contributed by atoms with Crippen LogP contribution in [0.2, 0.25) is 0 Å². The van der Waals surface area contributed by atoms with Crippen molar-refractivity contribution in [3.8, 4) is 17.4 Å². The van der Waals surface area contributed by atoms with E-state index in [2.05, 4.69) is 15.2 Å². The summed E-state index contributed by atoms with van der Waals surface area (Å²) >= 11 is 0. The Kier molecular flexibility index (Phi) is 5.65. The van der Waals surface area contributed by atoms with Crippen LogP contribution in [0.4, 0.5) is 20.6 Å². The van der Waals surface area contributed by atoms with E-state index < -0.39 is 0 Å². The van der Waals surface area contributed by atoms with Gasteiger partial charge in [0, 0.05) is 44.0 Å². The third-order valence-electron chi connectivity index (χ3n) is 4.79. The van der Waals surface area contributed by atoms with E-state index >= 15 is 0 Å². The van der Waals surface area contributed by atoms with Crippen LogP contribution in [-0.2, 0) is 0 Å². The Hall–Kier alpha value is -3.81. The Labute approximate surface area is 173 Å². The Morgan fingerprint density at radius 2 is 1.80 bits per heavy atom. The zero-order chi connectivity index (χ0) is 20.9. The number of anilines is 2. The second-order valence-electron chi connectivity index (χ2n) is 6.87. The molecule has 1 fully saturated rings. The van der Waals surface area contributed by atoms with Crippen LogP contribution >= 0.6 is 0 Å². The molecular formula is C22H21FN4O3. The van der Waals surface area contributed by atoms with Crippen LogP contribution < -0.4 is 15.0 Å². The van der Waals surface area contributed by atoms with Crippen LogP contribution in [0.15, 0.2) is 66.9 Å². The van der Waals surface area contributed by atoms with E-state index in [9.17, 15) is 14.3 Å². The molecule has 1 saturated heterocycles. The van der Waals surface area contributed by atoms with Gasteiger partial charge in [-0.25, -0.2) is 14.2 Å². The number of phenolic OH excluding ortho intramolecular Hbond substituents is 1. The van der Waals surface area contributed by atoms with Gasteiger partial charge in [-0.3, -0.25) is 0 Å². The smallest absolute Gasteiger partial charge is 0.322 e. The number of carbonyl (C=O) groups excluding carboxylic acids is 1. The highest BCUT2D eigenvalue weighted by molar-refractivity contribution is 5.89. The third-order valence-corrected chi connectivity index (χ3v) is 4.79. The van der Waals surface area contributed by atoms with E-state index in [1.807, 2.05) is 6.07 Å². The molecule has 2 heterocycles. The first kappa shape index (κ1) is 19.5. The van der Waals surface area contributed by atoms with Crippen LogP contribution in [0.5, 0.6) is 17.4 Å². The number of pyridine rings is 1. The number of hydrogen-bond donors (Lipinski definition) is 2. The molecule has 30 heavy (non-hydrogen) atoms. The van der Waals surface area contributed by atoms with Gasteiger partial charge in [0.25, 0.3) is 0 Å². The Morgan fingerprint density at radius 1 is 1.03 bits per heavy atom. The standard InChI is InChI=1S/C22H21FN4O3/c23-16-4-7-20(8-5-16)30-21-9-6-17(15-24-21)25-22(29)27-12-10-26(11-13-27)18-2-1-3-19(28)14-18/h1-9,14-15,28H,10-13H2,(H,25,29). The minimum atomic E-state index is -0.337. The van der Waals surface area contributed by atoms with Crippen LogP contribution in [0, 0.1) is 5.82 Å². The lowest BCUT2D eigenvalue weighted by Crippen LogP contribution is -2.50. The molecule has 2 amide bonds. The Bertz CT molecular complexity index is 1000. The van der Waals surface area contributed by atoms with Crippen molar-refractivity contribution in [3.63, 3.8) is 0 Å². The Balaban J connectivity index is 1.29. The predicted octanol–water partition coefficient (Wildman–Crippen LogP) is 4.07. The summed E-state index contributed by atoms with van der Waals surface area (Å²) in [7, 11) is 0. The summed E-state index contributed by atoms with van der Waals surface area (Å²) in [6.07, 6.45) is 1.51. The number of benzene rings is 2. The molecule has 1 aliphatic rings. The fourth-order valence-corrected chi connectivity index (χ4v) is 3.20. The monoisotopic (exact) mass is 408 g/mol. The van der Waals surface area contributed by atoms with Gasteiger partial charge in [-0.2, -0.15) is 0 Å². The van der Waals surface area contributed by atoms with Crippen molar-refractivity contribution >= 4 is 17.4 Å². The minimum Gasteiger partial charge on any atom is -0.508 e. The van der Waals surface area contributed by atoms with E-state index in [0.29, 0.717) is 43.5 Å². The SMILES string of the molecule is O=C(Nc1ccc(Oc2ccc(F)cc2)nc1)N1CCN(c2cccc(O)c2)CC1. The largest absolute Gasteiger partial charge is 0.508 e. The molecule has 2 N–H and O–H groups in total. The number of ether oxygens (including phenoxy) is 1. The minimum absolute atomic E-state index is 0.195. The number of piperazine rings is 1. The average Bonchev–Trinajstić information content (AvgIpc) is 2.77. The van der Waals surface area contributed by atoms with Crippen LogP contribution in [0.1, 0.15) is 0 Å². The number of halogens is 1. The number of carbonyl (C=O) groups is 1. The molecule has 7 nitrogen and oxygen atoms in total. The van der Waals surface area contributed by atoms with E-state index in [4.69, 9.17) is 4.74 Å². The second kappa shape index (κ2) is 8.69. The van der Waals surface area contributed by atoms with E-state index in [1.165, 1.54) is 30.5 Å². The zero-order valence-corrected chi connectivity index (χ0v) is 16.2.